The molecule has 0 aromatic carbocycles. The Balaban J connectivity index is 2.00. The van der Waals surface area contributed by atoms with Gasteiger partial charge in [-0.05, 0) is 27.7 Å². The van der Waals surface area contributed by atoms with E-state index < -0.39 is 11.6 Å². The molecular formula is C16H24N4O4. The second kappa shape index (κ2) is 7.02. The highest BCUT2D eigenvalue weighted by Crippen LogP contribution is 2.19. The zero-order chi connectivity index (χ0) is 17.9. The largest absolute Gasteiger partial charge is 0.464 e. The van der Waals surface area contributed by atoms with Crippen molar-refractivity contribution in [2.75, 3.05) is 31.6 Å². The molecule has 8 nitrogen and oxygen atoms in total. The van der Waals surface area contributed by atoms with E-state index in [1.165, 1.54) is 13.3 Å². The predicted octanol–water partition coefficient (Wildman–Crippen LogP) is 1.71. The molecular weight excluding hydrogens is 312 g/mol. The number of ether oxygens (including phenoxy) is 2. The summed E-state index contributed by atoms with van der Waals surface area (Å²) in [5, 5.41) is 0. The number of nitrogens with zero attached hydrogens (tertiary/aromatic N) is 4. The van der Waals surface area contributed by atoms with E-state index >= 15 is 0 Å². The minimum Gasteiger partial charge on any atom is -0.464 e. The predicted molar refractivity (Wildman–Crippen MR) is 88.0 cm³/mol. The van der Waals surface area contributed by atoms with Gasteiger partial charge in [-0.15, -0.1) is 0 Å². The molecule has 1 aliphatic heterocycles. The van der Waals surface area contributed by atoms with Crippen molar-refractivity contribution in [2.45, 2.75) is 39.3 Å². The first-order valence-corrected chi connectivity index (χ1v) is 7.86. The number of methoxy groups -OCH3 is 1. The van der Waals surface area contributed by atoms with Gasteiger partial charge in [0.25, 0.3) is 0 Å². The van der Waals surface area contributed by atoms with E-state index in [4.69, 9.17) is 4.74 Å². The van der Waals surface area contributed by atoms with E-state index in [0.717, 1.165) is 0 Å². The second-order valence-corrected chi connectivity index (χ2v) is 6.72. The number of hydrogen-bond acceptors (Lipinski definition) is 7. The van der Waals surface area contributed by atoms with Crippen LogP contribution >= 0.6 is 0 Å². The maximum absolute atomic E-state index is 12.2. The first-order valence-electron chi connectivity index (χ1n) is 7.86. The van der Waals surface area contributed by atoms with Crippen molar-refractivity contribution in [2.24, 2.45) is 0 Å². The Morgan fingerprint density at radius 2 is 1.92 bits per heavy atom. The SMILES string of the molecule is COC(=O)c1cnc(N2CCN(C(=O)OC(C)(C)C)[C@@H](C)C2)cn1. The van der Waals surface area contributed by atoms with Crippen molar-refractivity contribution in [3.63, 3.8) is 0 Å². The zero-order valence-corrected chi connectivity index (χ0v) is 14.8. The van der Waals surface area contributed by atoms with E-state index in [1.54, 1.807) is 11.1 Å². The summed E-state index contributed by atoms with van der Waals surface area (Å²) >= 11 is 0. The van der Waals surface area contributed by atoms with Gasteiger partial charge in [0.15, 0.2) is 5.69 Å². The van der Waals surface area contributed by atoms with Gasteiger partial charge in [-0.25, -0.2) is 19.6 Å². The molecule has 0 unspecified atom stereocenters. The summed E-state index contributed by atoms with van der Waals surface area (Å²) in [6, 6.07) is -0.0179. The van der Waals surface area contributed by atoms with Crippen LogP contribution in [0.15, 0.2) is 12.4 Å². The van der Waals surface area contributed by atoms with E-state index in [0.29, 0.717) is 25.5 Å². The van der Waals surface area contributed by atoms with Crippen LogP contribution in [0.4, 0.5) is 10.6 Å². The number of esters is 1. The highest BCUT2D eigenvalue weighted by atomic mass is 16.6. The van der Waals surface area contributed by atoms with Gasteiger partial charge >= 0.3 is 12.1 Å². The van der Waals surface area contributed by atoms with E-state index in [1.807, 2.05) is 32.6 Å². The molecule has 0 saturated carbocycles. The van der Waals surface area contributed by atoms with Crippen LogP contribution in [0.5, 0.6) is 0 Å². The Morgan fingerprint density at radius 3 is 2.42 bits per heavy atom. The number of aromatic nitrogens is 2. The zero-order valence-electron chi connectivity index (χ0n) is 14.8. The lowest BCUT2D eigenvalue weighted by Gasteiger charge is -2.40. The standard InChI is InChI=1S/C16H24N4O4/c1-11-10-19(6-7-20(11)15(22)24-16(2,3)4)13-9-17-12(8-18-13)14(21)23-5/h8-9,11H,6-7,10H2,1-5H3/t11-/m0/s1. The number of carbonyl (C=O) groups is 2. The molecule has 0 N–H and O–H groups in total. The van der Waals surface area contributed by atoms with Gasteiger partial charge in [-0.2, -0.15) is 0 Å². The fraction of sp³-hybridized carbons (Fsp3) is 0.625. The quantitative estimate of drug-likeness (QED) is 0.760. The number of piperazine rings is 1. The smallest absolute Gasteiger partial charge is 0.410 e. The molecule has 2 rings (SSSR count). The van der Waals surface area contributed by atoms with Gasteiger partial charge in [0.05, 0.1) is 19.5 Å². The van der Waals surface area contributed by atoms with E-state index in [9.17, 15) is 9.59 Å². The minimum atomic E-state index is -0.517. The summed E-state index contributed by atoms with van der Waals surface area (Å²) in [5.41, 5.74) is -0.343. The lowest BCUT2D eigenvalue weighted by atomic mass is 10.2. The van der Waals surface area contributed by atoms with Crippen LogP contribution in [-0.2, 0) is 9.47 Å². The second-order valence-electron chi connectivity index (χ2n) is 6.72. The average Bonchev–Trinajstić information content (AvgIpc) is 2.52. The third-order valence-corrected chi connectivity index (χ3v) is 3.61. The number of hydrogen-bond donors (Lipinski definition) is 0. The molecule has 1 amide bonds. The first-order chi connectivity index (χ1) is 11.2. The lowest BCUT2D eigenvalue weighted by Crippen LogP contribution is -2.55. The van der Waals surface area contributed by atoms with Crippen molar-refractivity contribution >= 4 is 17.9 Å². The number of anilines is 1. The van der Waals surface area contributed by atoms with E-state index in [-0.39, 0.29) is 17.8 Å². The van der Waals surface area contributed by atoms with Gasteiger partial charge in [-0.1, -0.05) is 0 Å². The summed E-state index contributed by atoms with van der Waals surface area (Å²) in [5.74, 6) is 0.149. The number of amides is 1. The monoisotopic (exact) mass is 336 g/mol. The Kier molecular flexibility index (Phi) is 5.26. The third-order valence-electron chi connectivity index (χ3n) is 3.61. The van der Waals surface area contributed by atoms with Crippen LogP contribution in [-0.4, -0.2) is 65.3 Å². The summed E-state index contributed by atoms with van der Waals surface area (Å²) in [6.45, 7) is 9.29. The van der Waals surface area contributed by atoms with Gasteiger partial charge in [-0.3, -0.25) is 0 Å². The average molecular weight is 336 g/mol. The topological polar surface area (TPSA) is 84.9 Å². The maximum atomic E-state index is 12.2. The van der Waals surface area contributed by atoms with Crippen molar-refractivity contribution in [3.05, 3.63) is 18.1 Å². The van der Waals surface area contributed by atoms with Gasteiger partial charge < -0.3 is 19.3 Å². The van der Waals surface area contributed by atoms with Crippen LogP contribution in [0.3, 0.4) is 0 Å². The molecule has 1 atom stereocenters. The molecule has 0 bridgehead atoms. The molecule has 1 aromatic heterocycles. The van der Waals surface area contributed by atoms with Gasteiger partial charge in [0.1, 0.15) is 11.4 Å². The van der Waals surface area contributed by atoms with E-state index in [2.05, 4.69) is 14.7 Å². The Labute approximate surface area is 141 Å². The summed E-state index contributed by atoms with van der Waals surface area (Å²) in [4.78, 5) is 35.7. The Morgan fingerprint density at radius 1 is 1.21 bits per heavy atom. The molecule has 0 aliphatic carbocycles. The van der Waals surface area contributed by atoms with Crippen molar-refractivity contribution in [3.8, 4) is 0 Å². The molecule has 24 heavy (non-hydrogen) atoms. The normalized spacial score (nSPS) is 18.3. The first kappa shape index (κ1) is 18.0. The molecule has 132 valence electrons. The summed E-state index contributed by atoms with van der Waals surface area (Å²) in [6.07, 6.45) is 2.63. The van der Waals surface area contributed by atoms with Crippen LogP contribution in [0.2, 0.25) is 0 Å². The molecule has 0 radical (unpaired) electrons. The molecule has 1 fully saturated rings. The number of carbonyl (C=O) groups excluding carboxylic acids is 2. The van der Waals surface area contributed by atoms with Gasteiger partial charge in [0, 0.05) is 25.7 Å². The molecule has 0 spiro atoms. The number of rotatable bonds is 2. The van der Waals surface area contributed by atoms with Crippen molar-refractivity contribution < 1.29 is 19.1 Å². The molecule has 2 heterocycles. The van der Waals surface area contributed by atoms with Crippen LogP contribution in [0.1, 0.15) is 38.2 Å². The summed E-state index contributed by atoms with van der Waals surface area (Å²) in [7, 11) is 1.30. The molecule has 1 saturated heterocycles. The van der Waals surface area contributed by atoms with Gasteiger partial charge in [0.2, 0.25) is 0 Å². The Hall–Kier alpha value is -2.38. The maximum Gasteiger partial charge on any atom is 0.410 e. The molecule has 1 aliphatic rings. The minimum absolute atomic E-state index is 0.0179. The Bertz CT molecular complexity index is 597. The fourth-order valence-electron chi connectivity index (χ4n) is 2.45. The van der Waals surface area contributed by atoms with Crippen LogP contribution < -0.4 is 4.90 Å². The fourth-order valence-corrected chi connectivity index (χ4v) is 2.45. The van der Waals surface area contributed by atoms with Crippen molar-refractivity contribution in [1.82, 2.24) is 14.9 Å². The molecule has 1 aromatic rings. The molecule has 8 heteroatoms. The highest BCUT2D eigenvalue weighted by Gasteiger charge is 2.31. The summed E-state index contributed by atoms with van der Waals surface area (Å²) < 4.78 is 10.0. The van der Waals surface area contributed by atoms with Crippen molar-refractivity contribution in [1.29, 1.82) is 0 Å². The lowest BCUT2D eigenvalue weighted by molar-refractivity contribution is 0.0158. The van der Waals surface area contributed by atoms with Crippen LogP contribution in [0, 0.1) is 0 Å². The third kappa shape index (κ3) is 4.33. The van der Waals surface area contributed by atoms with Crippen LogP contribution in [0.25, 0.3) is 0 Å². The highest BCUT2D eigenvalue weighted by molar-refractivity contribution is 5.86.